The van der Waals surface area contributed by atoms with Gasteiger partial charge < -0.3 is 14.5 Å². The Bertz CT molecular complexity index is 742. The van der Waals surface area contributed by atoms with Crippen molar-refractivity contribution in [2.45, 2.75) is 6.92 Å². The minimum absolute atomic E-state index is 0.0753. The average Bonchev–Trinajstić information content (AvgIpc) is 2.93. The maximum Gasteiger partial charge on any atom is 0.354 e. The number of nitrogens with one attached hydrogen (secondary N) is 1. The lowest BCUT2D eigenvalue weighted by Crippen LogP contribution is -1.99. The number of aromatic nitrogens is 3. The van der Waals surface area contributed by atoms with E-state index < -0.39 is 5.97 Å². The van der Waals surface area contributed by atoms with Crippen LogP contribution in [0.5, 0.6) is 0 Å². The van der Waals surface area contributed by atoms with E-state index in [1.807, 2.05) is 0 Å². The highest BCUT2D eigenvalue weighted by Crippen LogP contribution is 2.25. The van der Waals surface area contributed by atoms with E-state index in [1.54, 1.807) is 25.1 Å². The predicted molar refractivity (Wildman–Crippen MR) is 63.3 cm³/mol. The molecule has 2 heterocycles. The van der Waals surface area contributed by atoms with Gasteiger partial charge in [-0.05, 0) is 19.1 Å². The Morgan fingerprint density at radius 3 is 3.06 bits per heavy atom. The van der Waals surface area contributed by atoms with Crippen LogP contribution in [0.25, 0.3) is 22.4 Å². The van der Waals surface area contributed by atoms with Gasteiger partial charge in [-0.2, -0.15) is 0 Å². The van der Waals surface area contributed by atoms with E-state index in [0.717, 1.165) is 5.52 Å². The first-order valence-electron chi connectivity index (χ1n) is 5.28. The number of carbonyl (C=O) groups is 1. The summed E-state index contributed by atoms with van der Waals surface area (Å²) in [5.74, 6) is -0.483. The number of aromatic carboxylic acids is 1. The number of hydrogen-bond acceptors (Lipinski definition) is 4. The van der Waals surface area contributed by atoms with Gasteiger partial charge in [0.05, 0.1) is 0 Å². The minimum Gasteiger partial charge on any atom is -0.477 e. The van der Waals surface area contributed by atoms with E-state index in [1.165, 1.54) is 6.39 Å². The largest absolute Gasteiger partial charge is 0.477 e. The first kappa shape index (κ1) is 10.5. The number of oxazole rings is 1. The Morgan fingerprint density at radius 1 is 1.44 bits per heavy atom. The quantitative estimate of drug-likeness (QED) is 0.720. The van der Waals surface area contributed by atoms with Gasteiger partial charge >= 0.3 is 5.97 Å². The summed E-state index contributed by atoms with van der Waals surface area (Å²) in [5.41, 5.74) is 2.48. The molecule has 2 N–H and O–H groups in total. The number of fused-ring (bicyclic) bond motifs is 1. The van der Waals surface area contributed by atoms with Crippen LogP contribution < -0.4 is 0 Å². The fourth-order valence-corrected chi connectivity index (χ4v) is 1.86. The van der Waals surface area contributed by atoms with E-state index in [4.69, 9.17) is 9.52 Å². The maximum absolute atomic E-state index is 11.1. The van der Waals surface area contributed by atoms with E-state index in [9.17, 15) is 4.79 Å². The van der Waals surface area contributed by atoms with Gasteiger partial charge in [-0.25, -0.2) is 14.8 Å². The van der Waals surface area contributed by atoms with E-state index >= 15 is 0 Å². The Labute approximate surface area is 101 Å². The third-order valence-corrected chi connectivity index (χ3v) is 2.64. The van der Waals surface area contributed by atoms with Crippen LogP contribution in [0, 0.1) is 6.92 Å². The van der Waals surface area contributed by atoms with Gasteiger partial charge in [0.2, 0.25) is 0 Å². The van der Waals surface area contributed by atoms with Gasteiger partial charge in [-0.3, -0.25) is 0 Å². The molecule has 0 fully saturated rings. The number of hydrogen-bond donors (Lipinski definition) is 2. The maximum atomic E-state index is 11.1. The lowest BCUT2D eigenvalue weighted by Gasteiger charge is -1.98. The van der Waals surface area contributed by atoms with E-state index in [0.29, 0.717) is 22.7 Å². The minimum atomic E-state index is -1.04. The Kier molecular flexibility index (Phi) is 2.16. The highest BCUT2D eigenvalue weighted by Gasteiger charge is 2.17. The lowest BCUT2D eigenvalue weighted by molar-refractivity contribution is 0.0692. The molecule has 0 atom stereocenters. The summed E-state index contributed by atoms with van der Waals surface area (Å²) >= 11 is 0. The molecule has 0 aliphatic heterocycles. The highest BCUT2D eigenvalue weighted by atomic mass is 16.4. The summed E-state index contributed by atoms with van der Waals surface area (Å²) in [6.07, 6.45) is 1.35. The zero-order valence-electron chi connectivity index (χ0n) is 9.47. The fourth-order valence-electron chi connectivity index (χ4n) is 1.86. The standard InChI is InChI=1S/C12H9N3O3/c1-6-14-10(11(15-6)12(16)17)7-2-3-8-9(4-7)18-5-13-8/h2-5H,1H3,(H,14,15)(H,16,17). The van der Waals surface area contributed by atoms with Gasteiger partial charge in [0.1, 0.15) is 17.0 Å². The van der Waals surface area contributed by atoms with Crippen LogP contribution in [0.3, 0.4) is 0 Å². The van der Waals surface area contributed by atoms with Crippen LogP contribution in [0.15, 0.2) is 29.0 Å². The number of imidazole rings is 1. The summed E-state index contributed by atoms with van der Waals surface area (Å²) in [4.78, 5) is 22.0. The number of carboxylic acid groups (broad SMARTS) is 1. The topological polar surface area (TPSA) is 92.0 Å². The van der Waals surface area contributed by atoms with Crippen LogP contribution in [0.1, 0.15) is 16.3 Å². The first-order valence-corrected chi connectivity index (χ1v) is 5.28. The second-order valence-electron chi connectivity index (χ2n) is 3.89. The number of aryl methyl sites for hydroxylation is 1. The molecular formula is C12H9N3O3. The third kappa shape index (κ3) is 1.55. The molecule has 0 amide bonds. The monoisotopic (exact) mass is 243 g/mol. The van der Waals surface area contributed by atoms with Gasteiger partial charge in [-0.1, -0.05) is 6.07 Å². The average molecular weight is 243 g/mol. The van der Waals surface area contributed by atoms with Crippen molar-refractivity contribution in [1.82, 2.24) is 15.0 Å². The molecule has 6 heteroatoms. The second-order valence-corrected chi connectivity index (χ2v) is 3.89. The van der Waals surface area contributed by atoms with Crippen molar-refractivity contribution in [3.63, 3.8) is 0 Å². The van der Waals surface area contributed by atoms with Crippen molar-refractivity contribution >= 4 is 17.1 Å². The summed E-state index contributed by atoms with van der Waals surface area (Å²) in [5, 5.41) is 9.11. The van der Waals surface area contributed by atoms with Crippen LogP contribution in [0.2, 0.25) is 0 Å². The van der Waals surface area contributed by atoms with Crippen LogP contribution in [-0.2, 0) is 0 Å². The van der Waals surface area contributed by atoms with Crippen LogP contribution >= 0.6 is 0 Å². The molecule has 2 aromatic heterocycles. The summed E-state index contributed by atoms with van der Waals surface area (Å²) < 4.78 is 5.19. The summed E-state index contributed by atoms with van der Waals surface area (Å²) in [6.45, 7) is 1.71. The number of carboxylic acids is 1. The third-order valence-electron chi connectivity index (χ3n) is 2.64. The zero-order valence-corrected chi connectivity index (χ0v) is 9.47. The van der Waals surface area contributed by atoms with Gasteiger partial charge in [-0.15, -0.1) is 0 Å². The van der Waals surface area contributed by atoms with Crippen LogP contribution in [0.4, 0.5) is 0 Å². The molecule has 0 bridgehead atoms. The molecule has 6 nitrogen and oxygen atoms in total. The number of nitrogens with zero attached hydrogens (tertiary/aromatic N) is 2. The molecule has 3 rings (SSSR count). The normalized spacial score (nSPS) is 10.9. The number of H-pyrrole nitrogens is 1. The van der Waals surface area contributed by atoms with E-state index in [2.05, 4.69) is 15.0 Å². The number of rotatable bonds is 2. The SMILES string of the molecule is Cc1nc(-c2ccc3ncoc3c2)c(C(=O)O)[nH]1. The summed E-state index contributed by atoms with van der Waals surface area (Å²) in [7, 11) is 0. The van der Waals surface area contributed by atoms with E-state index in [-0.39, 0.29) is 5.69 Å². The molecular weight excluding hydrogens is 234 g/mol. The Morgan fingerprint density at radius 2 is 2.28 bits per heavy atom. The molecule has 0 aliphatic rings. The predicted octanol–water partition coefficient (Wildman–Crippen LogP) is 2.22. The molecule has 3 aromatic rings. The van der Waals surface area contributed by atoms with Gasteiger partial charge in [0.25, 0.3) is 0 Å². The fraction of sp³-hybridized carbons (Fsp3) is 0.0833. The molecule has 90 valence electrons. The number of benzene rings is 1. The molecule has 0 unspecified atom stereocenters. The van der Waals surface area contributed by atoms with Crippen molar-refractivity contribution in [2.24, 2.45) is 0 Å². The molecule has 0 radical (unpaired) electrons. The highest BCUT2D eigenvalue weighted by molar-refractivity contribution is 5.94. The molecule has 0 spiro atoms. The molecule has 0 aliphatic carbocycles. The van der Waals surface area contributed by atoms with Gasteiger partial charge in [0.15, 0.2) is 17.7 Å². The van der Waals surface area contributed by atoms with Crippen molar-refractivity contribution in [3.05, 3.63) is 36.1 Å². The van der Waals surface area contributed by atoms with Crippen molar-refractivity contribution < 1.29 is 14.3 Å². The molecule has 0 saturated carbocycles. The van der Waals surface area contributed by atoms with Crippen molar-refractivity contribution in [3.8, 4) is 11.3 Å². The summed E-state index contributed by atoms with van der Waals surface area (Å²) in [6, 6.07) is 5.26. The second kappa shape index (κ2) is 3.69. The first-order chi connectivity index (χ1) is 8.65. The zero-order chi connectivity index (χ0) is 12.7. The number of aromatic amines is 1. The Hall–Kier alpha value is -2.63. The van der Waals surface area contributed by atoms with Crippen LogP contribution in [-0.4, -0.2) is 26.0 Å². The van der Waals surface area contributed by atoms with Crippen molar-refractivity contribution in [2.75, 3.05) is 0 Å². The molecule has 0 saturated heterocycles. The smallest absolute Gasteiger partial charge is 0.354 e. The molecule has 1 aromatic carbocycles. The van der Waals surface area contributed by atoms with Crippen molar-refractivity contribution in [1.29, 1.82) is 0 Å². The Balaban J connectivity index is 2.21. The lowest BCUT2D eigenvalue weighted by atomic mass is 10.1. The van der Waals surface area contributed by atoms with Gasteiger partial charge in [0, 0.05) is 5.56 Å². The molecule has 18 heavy (non-hydrogen) atoms.